The van der Waals surface area contributed by atoms with Crippen molar-refractivity contribution >= 4 is 46.6 Å². The third kappa shape index (κ3) is 5.08. The number of thioether (sulfide) groups is 1. The predicted molar refractivity (Wildman–Crippen MR) is 128 cm³/mol. The van der Waals surface area contributed by atoms with Crippen LogP contribution < -0.4 is 10.2 Å². The molecule has 4 rings (SSSR count). The molecule has 1 N–H and O–H groups in total. The van der Waals surface area contributed by atoms with Gasteiger partial charge in [0.1, 0.15) is 22.5 Å². The average molecular weight is 478 g/mol. The Morgan fingerprint density at radius 3 is 2.36 bits per heavy atom. The van der Waals surface area contributed by atoms with Gasteiger partial charge in [-0.1, -0.05) is 53.7 Å². The molecule has 3 aromatic rings. The minimum Gasteiger partial charge on any atom is -0.321 e. The van der Waals surface area contributed by atoms with E-state index in [1.165, 1.54) is 17.0 Å². The second kappa shape index (κ2) is 9.90. The number of hydrogen-bond donors (Lipinski definition) is 1. The maximum Gasteiger partial charge on any atom is 0.269 e. The zero-order chi connectivity index (χ0) is 23.4. The number of carbonyl (C=O) groups excluding carboxylic acids is 2. The molecule has 0 radical (unpaired) electrons. The van der Waals surface area contributed by atoms with Crippen LogP contribution >= 0.6 is 23.4 Å². The number of halogens is 2. The molecule has 1 heterocycles. The summed E-state index contributed by atoms with van der Waals surface area (Å²) >= 11 is 7.05. The maximum absolute atomic E-state index is 13.4. The fourth-order valence-corrected chi connectivity index (χ4v) is 4.79. The van der Waals surface area contributed by atoms with Crippen LogP contribution in [0.15, 0.2) is 89.5 Å². The van der Waals surface area contributed by atoms with Crippen LogP contribution in [0.25, 0.3) is 0 Å². The van der Waals surface area contributed by atoms with Gasteiger partial charge in [0.25, 0.3) is 5.91 Å². The summed E-state index contributed by atoms with van der Waals surface area (Å²) in [6.45, 7) is 0. The number of hydrogen-bond acceptors (Lipinski definition) is 4. The lowest BCUT2D eigenvalue weighted by molar-refractivity contribution is -0.117. The molecule has 3 aromatic carbocycles. The summed E-state index contributed by atoms with van der Waals surface area (Å²) < 4.78 is 13.3. The van der Waals surface area contributed by atoms with E-state index in [0.29, 0.717) is 22.8 Å². The lowest BCUT2D eigenvalue weighted by Gasteiger charge is -2.18. The third-order valence-corrected chi connectivity index (χ3v) is 6.47. The lowest BCUT2D eigenvalue weighted by Crippen LogP contribution is -2.30. The van der Waals surface area contributed by atoms with Crippen LogP contribution in [-0.2, 0) is 16.0 Å². The number of nitrogens with one attached hydrogen (secondary N) is 1. The van der Waals surface area contributed by atoms with Crippen LogP contribution in [0.5, 0.6) is 0 Å². The first kappa shape index (κ1) is 22.6. The Morgan fingerprint density at radius 2 is 1.73 bits per heavy atom. The molecule has 0 aliphatic carbocycles. The smallest absolute Gasteiger partial charge is 0.269 e. The Bertz CT molecular complexity index is 1260. The second-order valence-electron chi connectivity index (χ2n) is 7.20. The first-order chi connectivity index (χ1) is 16.0. The SMILES string of the molecule is N#C/C(C(=O)Nc1ccc(Cl)cc1)=C1/S[C@H](Cc2ccc(F)cc2)C(=O)N1c1ccccc1. The Kier molecular flexibility index (Phi) is 6.78. The topological polar surface area (TPSA) is 73.2 Å². The Hall–Kier alpha value is -3.60. The normalized spacial score (nSPS) is 16.9. The van der Waals surface area contributed by atoms with E-state index in [0.717, 1.165) is 17.3 Å². The fourth-order valence-electron chi connectivity index (χ4n) is 3.36. The van der Waals surface area contributed by atoms with Crippen LogP contribution in [-0.4, -0.2) is 17.1 Å². The molecule has 1 fully saturated rings. The summed E-state index contributed by atoms with van der Waals surface area (Å²) in [5.74, 6) is -1.24. The van der Waals surface area contributed by atoms with Crippen molar-refractivity contribution < 1.29 is 14.0 Å². The largest absolute Gasteiger partial charge is 0.321 e. The van der Waals surface area contributed by atoms with Gasteiger partial charge in [-0.25, -0.2) is 4.39 Å². The highest BCUT2D eigenvalue weighted by molar-refractivity contribution is 8.05. The van der Waals surface area contributed by atoms with Gasteiger partial charge in [-0.3, -0.25) is 14.5 Å². The van der Waals surface area contributed by atoms with E-state index in [4.69, 9.17) is 11.6 Å². The summed E-state index contributed by atoms with van der Waals surface area (Å²) in [5.41, 5.74) is 1.63. The Morgan fingerprint density at radius 1 is 1.06 bits per heavy atom. The molecule has 5 nitrogen and oxygen atoms in total. The number of para-hydroxylation sites is 1. The minimum atomic E-state index is -0.626. The van der Waals surface area contributed by atoms with Gasteiger partial charge in [0, 0.05) is 16.4 Å². The van der Waals surface area contributed by atoms with Gasteiger partial charge >= 0.3 is 0 Å². The van der Waals surface area contributed by atoms with Crippen LogP contribution in [0.2, 0.25) is 5.02 Å². The zero-order valence-corrected chi connectivity index (χ0v) is 18.7. The highest BCUT2D eigenvalue weighted by Gasteiger charge is 2.40. The summed E-state index contributed by atoms with van der Waals surface area (Å²) in [6, 6.07) is 23.2. The molecule has 33 heavy (non-hydrogen) atoms. The van der Waals surface area contributed by atoms with E-state index < -0.39 is 11.2 Å². The molecular formula is C25H17ClFN3O2S. The van der Waals surface area contributed by atoms with Crippen molar-refractivity contribution in [2.75, 3.05) is 10.2 Å². The third-order valence-electron chi connectivity index (χ3n) is 4.96. The van der Waals surface area contributed by atoms with E-state index >= 15 is 0 Å². The molecular weight excluding hydrogens is 461 g/mol. The molecule has 164 valence electrons. The monoisotopic (exact) mass is 477 g/mol. The molecule has 2 amide bonds. The number of nitriles is 1. The standard InChI is InChI=1S/C25H17ClFN3O2S/c26-17-8-12-19(13-9-17)29-23(31)21(15-28)25-30(20-4-2-1-3-5-20)24(32)22(33-25)14-16-6-10-18(27)11-7-16/h1-13,22H,14H2,(H,29,31)/b25-21-/t22-/m1/s1. The molecule has 1 atom stereocenters. The minimum absolute atomic E-state index is 0.172. The average Bonchev–Trinajstić information content (AvgIpc) is 3.13. The summed E-state index contributed by atoms with van der Waals surface area (Å²) in [6.07, 6.45) is 0.328. The maximum atomic E-state index is 13.4. The summed E-state index contributed by atoms with van der Waals surface area (Å²) in [4.78, 5) is 27.8. The number of benzene rings is 3. The highest BCUT2D eigenvalue weighted by atomic mass is 35.5. The quantitative estimate of drug-likeness (QED) is 0.386. The highest BCUT2D eigenvalue weighted by Crippen LogP contribution is 2.42. The zero-order valence-electron chi connectivity index (χ0n) is 17.2. The van der Waals surface area contributed by atoms with Crippen molar-refractivity contribution in [3.63, 3.8) is 0 Å². The van der Waals surface area contributed by atoms with E-state index in [1.54, 1.807) is 60.7 Å². The summed E-state index contributed by atoms with van der Waals surface area (Å²) in [5, 5.41) is 12.7. The number of rotatable bonds is 5. The van der Waals surface area contributed by atoms with E-state index in [9.17, 15) is 19.2 Å². The van der Waals surface area contributed by atoms with Gasteiger partial charge < -0.3 is 5.32 Å². The van der Waals surface area contributed by atoms with E-state index in [1.807, 2.05) is 12.1 Å². The van der Waals surface area contributed by atoms with Crippen molar-refractivity contribution in [2.24, 2.45) is 0 Å². The number of nitrogens with zero attached hydrogens (tertiary/aromatic N) is 2. The number of amides is 2. The molecule has 8 heteroatoms. The van der Waals surface area contributed by atoms with Gasteiger partial charge in [0.05, 0.1) is 5.25 Å². The molecule has 1 saturated heterocycles. The fraction of sp³-hybridized carbons (Fsp3) is 0.0800. The number of carbonyl (C=O) groups is 2. The van der Waals surface area contributed by atoms with Crippen molar-refractivity contribution in [1.82, 2.24) is 0 Å². The van der Waals surface area contributed by atoms with E-state index in [2.05, 4.69) is 5.32 Å². The molecule has 0 bridgehead atoms. The van der Waals surface area contributed by atoms with Gasteiger partial charge in [0.15, 0.2) is 0 Å². The van der Waals surface area contributed by atoms with Crippen molar-refractivity contribution in [1.29, 1.82) is 5.26 Å². The first-order valence-corrected chi connectivity index (χ1v) is 11.2. The molecule has 1 aliphatic heterocycles. The summed E-state index contributed by atoms with van der Waals surface area (Å²) in [7, 11) is 0. The van der Waals surface area contributed by atoms with Gasteiger partial charge in [-0.05, 0) is 60.5 Å². The Balaban J connectivity index is 1.70. The molecule has 1 aliphatic rings. The van der Waals surface area contributed by atoms with Gasteiger partial charge in [-0.2, -0.15) is 5.26 Å². The van der Waals surface area contributed by atoms with Crippen molar-refractivity contribution in [3.8, 4) is 6.07 Å². The number of anilines is 2. The molecule has 0 spiro atoms. The Labute approximate surface area is 199 Å². The van der Waals surface area contributed by atoms with Gasteiger partial charge in [0.2, 0.25) is 5.91 Å². The van der Waals surface area contributed by atoms with Crippen LogP contribution in [0.4, 0.5) is 15.8 Å². The van der Waals surface area contributed by atoms with Gasteiger partial charge in [-0.15, -0.1) is 0 Å². The second-order valence-corrected chi connectivity index (χ2v) is 8.83. The van der Waals surface area contributed by atoms with Crippen LogP contribution in [0.3, 0.4) is 0 Å². The van der Waals surface area contributed by atoms with Crippen molar-refractivity contribution in [2.45, 2.75) is 11.7 Å². The lowest BCUT2D eigenvalue weighted by atomic mass is 10.1. The van der Waals surface area contributed by atoms with Crippen LogP contribution in [0.1, 0.15) is 5.56 Å². The first-order valence-electron chi connectivity index (χ1n) is 9.97. The van der Waals surface area contributed by atoms with Crippen LogP contribution in [0, 0.1) is 17.1 Å². The van der Waals surface area contributed by atoms with Crippen molar-refractivity contribution in [3.05, 3.63) is 106 Å². The predicted octanol–water partition coefficient (Wildman–Crippen LogP) is 5.54. The molecule has 0 saturated carbocycles. The van der Waals surface area contributed by atoms with E-state index in [-0.39, 0.29) is 22.3 Å². The molecule has 0 aromatic heterocycles. The molecule has 0 unspecified atom stereocenters.